The topological polar surface area (TPSA) is 42.2 Å². The number of nitrogens with zero attached hydrogens (tertiary/aromatic N) is 1. The van der Waals surface area contributed by atoms with Gasteiger partial charge in [0.1, 0.15) is 0 Å². The molecule has 1 N–H and O–H groups in total. The summed E-state index contributed by atoms with van der Waals surface area (Å²) in [4.78, 5) is 10.7. The Hall–Kier alpha value is -1.77. The van der Waals surface area contributed by atoms with Crippen molar-refractivity contribution in [3.05, 3.63) is 36.0 Å². The van der Waals surface area contributed by atoms with E-state index in [1.807, 2.05) is 6.07 Å². The number of para-hydroxylation sites is 1. The number of carbonyl (C=O) groups is 1. The number of rotatable bonds is 6. The Morgan fingerprint density at radius 3 is 2.84 bits per heavy atom. The van der Waals surface area contributed by atoms with E-state index in [2.05, 4.69) is 29.0 Å². The van der Waals surface area contributed by atoms with Gasteiger partial charge in [-0.3, -0.25) is 4.79 Å². The SMILES string of the molecule is O=C(O)CCc1cn(CCC2CC2)c2ccccc12. The molecular formula is C16H19NO2. The second-order valence-corrected chi connectivity index (χ2v) is 5.49. The van der Waals surface area contributed by atoms with Gasteiger partial charge in [-0.15, -0.1) is 0 Å². The first-order valence-corrected chi connectivity index (χ1v) is 7.02. The van der Waals surface area contributed by atoms with Gasteiger partial charge in [-0.25, -0.2) is 0 Å². The van der Waals surface area contributed by atoms with Crippen LogP contribution in [0.15, 0.2) is 30.5 Å². The summed E-state index contributed by atoms with van der Waals surface area (Å²) in [5.41, 5.74) is 2.40. The molecule has 1 aliphatic rings. The quantitative estimate of drug-likeness (QED) is 0.861. The van der Waals surface area contributed by atoms with Gasteiger partial charge >= 0.3 is 5.97 Å². The molecule has 1 heterocycles. The maximum absolute atomic E-state index is 10.7. The van der Waals surface area contributed by atoms with Crippen molar-refractivity contribution in [1.29, 1.82) is 0 Å². The third-order valence-electron chi connectivity index (χ3n) is 3.95. The number of fused-ring (bicyclic) bond motifs is 1. The molecule has 0 saturated heterocycles. The van der Waals surface area contributed by atoms with Crippen LogP contribution >= 0.6 is 0 Å². The van der Waals surface area contributed by atoms with Crippen LogP contribution in [0, 0.1) is 5.92 Å². The molecule has 3 rings (SSSR count). The first-order valence-electron chi connectivity index (χ1n) is 7.02. The highest BCUT2D eigenvalue weighted by molar-refractivity contribution is 5.84. The molecular weight excluding hydrogens is 238 g/mol. The monoisotopic (exact) mass is 257 g/mol. The van der Waals surface area contributed by atoms with E-state index in [-0.39, 0.29) is 6.42 Å². The molecule has 0 spiro atoms. The predicted octanol–water partition coefficient (Wildman–Crippen LogP) is 3.46. The van der Waals surface area contributed by atoms with Gasteiger partial charge < -0.3 is 9.67 Å². The number of hydrogen-bond donors (Lipinski definition) is 1. The molecule has 3 nitrogen and oxygen atoms in total. The van der Waals surface area contributed by atoms with Crippen LogP contribution in [-0.2, 0) is 17.8 Å². The minimum Gasteiger partial charge on any atom is -0.481 e. The van der Waals surface area contributed by atoms with E-state index >= 15 is 0 Å². The number of aryl methyl sites for hydroxylation is 2. The van der Waals surface area contributed by atoms with E-state index < -0.39 is 5.97 Å². The van der Waals surface area contributed by atoms with E-state index in [1.54, 1.807) is 0 Å². The zero-order valence-corrected chi connectivity index (χ0v) is 11.0. The van der Waals surface area contributed by atoms with E-state index in [4.69, 9.17) is 5.11 Å². The molecule has 1 aromatic heterocycles. The van der Waals surface area contributed by atoms with Crippen molar-refractivity contribution >= 4 is 16.9 Å². The Labute approximate surface area is 112 Å². The Morgan fingerprint density at radius 1 is 1.32 bits per heavy atom. The number of benzene rings is 1. The van der Waals surface area contributed by atoms with Gasteiger partial charge in [0.05, 0.1) is 0 Å². The number of hydrogen-bond acceptors (Lipinski definition) is 1. The van der Waals surface area contributed by atoms with E-state index in [1.165, 1.54) is 30.2 Å². The fraction of sp³-hybridized carbons (Fsp3) is 0.438. The zero-order chi connectivity index (χ0) is 13.2. The number of aromatic nitrogens is 1. The summed E-state index contributed by atoms with van der Waals surface area (Å²) in [6, 6.07) is 8.31. The molecule has 2 aromatic rings. The van der Waals surface area contributed by atoms with Crippen LogP contribution in [0.3, 0.4) is 0 Å². The van der Waals surface area contributed by atoms with E-state index in [9.17, 15) is 4.79 Å². The standard InChI is InChI=1S/C16H19NO2/c18-16(19)8-7-13-11-17(10-9-12-5-6-12)15-4-2-1-3-14(13)15/h1-4,11-12H,5-10H2,(H,18,19). The predicted molar refractivity (Wildman–Crippen MR) is 75.2 cm³/mol. The first-order chi connectivity index (χ1) is 9.24. The first kappa shape index (κ1) is 12.3. The number of carboxylic acid groups (broad SMARTS) is 1. The minimum atomic E-state index is -0.727. The fourth-order valence-electron chi connectivity index (χ4n) is 2.68. The molecule has 1 fully saturated rings. The Kier molecular flexibility index (Phi) is 3.28. The average Bonchev–Trinajstić information content (AvgIpc) is 3.16. The zero-order valence-electron chi connectivity index (χ0n) is 11.0. The maximum Gasteiger partial charge on any atom is 0.303 e. The van der Waals surface area contributed by atoms with Crippen molar-refractivity contribution in [1.82, 2.24) is 4.57 Å². The molecule has 0 aliphatic heterocycles. The molecule has 0 bridgehead atoms. The highest BCUT2D eigenvalue weighted by Gasteiger charge is 2.21. The second kappa shape index (κ2) is 5.08. The second-order valence-electron chi connectivity index (χ2n) is 5.49. The molecule has 3 heteroatoms. The molecule has 100 valence electrons. The third-order valence-corrected chi connectivity index (χ3v) is 3.95. The lowest BCUT2D eigenvalue weighted by atomic mass is 10.1. The Morgan fingerprint density at radius 2 is 2.11 bits per heavy atom. The molecule has 0 amide bonds. The van der Waals surface area contributed by atoms with Crippen molar-refractivity contribution in [2.45, 2.75) is 38.6 Å². The minimum absolute atomic E-state index is 0.205. The smallest absolute Gasteiger partial charge is 0.303 e. The number of aliphatic carboxylic acids is 1. The van der Waals surface area contributed by atoms with Gasteiger partial charge in [-0.05, 0) is 30.4 Å². The van der Waals surface area contributed by atoms with Crippen LogP contribution in [0.5, 0.6) is 0 Å². The van der Waals surface area contributed by atoms with E-state index in [0.717, 1.165) is 18.0 Å². The summed E-state index contributed by atoms with van der Waals surface area (Å²) in [6.45, 7) is 1.05. The third kappa shape index (κ3) is 2.80. The summed E-state index contributed by atoms with van der Waals surface area (Å²) in [5.74, 6) is 0.193. The summed E-state index contributed by atoms with van der Waals surface area (Å²) in [6.07, 6.45) is 6.98. The van der Waals surface area contributed by atoms with Gasteiger partial charge in [0.2, 0.25) is 0 Å². The lowest BCUT2D eigenvalue weighted by Crippen LogP contribution is -1.98. The van der Waals surface area contributed by atoms with Crippen molar-refractivity contribution in [3.8, 4) is 0 Å². The fourth-order valence-corrected chi connectivity index (χ4v) is 2.68. The van der Waals surface area contributed by atoms with Crippen LogP contribution in [0.1, 0.15) is 31.2 Å². The van der Waals surface area contributed by atoms with Crippen LogP contribution in [0.4, 0.5) is 0 Å². The van der Waals surface area contributed by atoms with E-state index in [0.29, 0.717) is 6.42 Å². The van der Waals surface area contributed by atoms with Gasteiger partial charge in [0.25, 0.3) is 0 Å². The average molecular weight is 257 g/mol. The summed E-state index contributed by atoms with van der Waals surface area (Å²) in [5, 5.41) is 10.0. The van der Waals surface area contributed by atoms with Crippen LogP contribution < -0.4 is 0 Å². The lowest BCUT2D eigenvalue weighted by molar-refractivity contribution is -0.136. The van der Waals surface area contributed by atoms with Crippen molar-refractivity contribution in [3.63, 3.8) is 0 Å². The van der Waals surface area contributed by atoms with Gasteiger partial charge in [0, 0.05) is 30.1 Å². The summed E-state index contributed by atoms with van der Waals surface area (Å²) in [7, 11) is 0. The lowest BCUT2D eigenvalue weighted by Gasteiger charge is -2.03. The summed E-state index contributed by atoms with van der Waals surface area (Å²) >= 11 is 0. The Bertz CT molecular complexity index is 596. The maximum atomic E-state index is 10.7. The van der Waals surface area contributed by atoms with Crippen molar-refractivity contribution < 1.29 is 9.90 Å². The molecule has 0 atom stereocenters. The van der Waals surface area contributed by atoms with Crippen molar-refractivity contribution in [2.24, 2.45) is 5.92 Å². The molecule has 19 heavy (non-hydrogen) atoms. The van der Waals surface area contributed by atoms with Gasteiger partial charge in [-0.2, -0.15) is 0 Å². The van der Waals surface area contributed by atoms with Gasteiger partial charge in [-0.1, -0.05) is 31.0 Å². The highest BCUT2D eigenvalue weighted by atomic mass is 16.4. The largest absolute Gasteiger partial charge is 0.481 e. The highest BCUT2D eigenvalue weighted by Crippen LogP contribution is 2.33. The number of carboxylic acids is 1. The molecule has 1 saturated carbocycles. The molecule has 0 unspecified atom stereocenters. The molecule has 1 aliphatic carbocycles. The van der Waals surface area contributed by atoms with Crippen LogP contribution in [-0.4, -0.2) is 15.6 Å². The van der Waals surface area contributed by atoms with Crippen molar-refractivity contribution in [2.75, 3.05) is 0 Å². The van der Waals surface area contributed by atoms with Crippen LogP contribution in [0.2, 0.25) is 0 Å². The molecule has 1 aromatic carbocycles. The van der Waals surface area contributed by atoms with Gasteiger partial charge in [0.15, 0.2) is 0 Å². The van der Waals surface area contributed by atoms with Crippen LogP contribution in [0.25, 0.3) is 10.9 Å². The normalized spacial score (nSPS) is 14.9. The Balaban J connectivity index is 1.85. The summed E-state index contributed by atoms with van der Waals surface area (Å²) < 4.78 is 2.30. The molecule has 0 radical (unpaired) electrons.